The van der Waals surface area contributed by atoms with Crippen molar-refractivity contribution in [3.63, 3.8) is 0 Å². The van der Waals surface area contributed by atoms with Crippen LogP contribution < -0.4 is 0 Å². The number of aliphatic hydroxyl groups is 4. The Bertz CT molecular complexity index is 972. The molecule has 6 unspecified atom stereocenters. The van der Waals surface area contributed by atoms with Gasteiger partial charge in [-0.1, -0.05) is 205 Å². The number of esters is 1. The van der Waals surface area contributed by atoms with E-state index in [1.54, 1.807) is 0 Å². The molecule has 0 aromatic carbocycles. The summed E-state index contributed by atoms with van der Waals surface area (Å²) in [6.45, 7) is 4.57. The molecule has 9 nitrogen and oxygen atoms in total. The molecule has 0 aromatic heterocycles. The third-order valence-corrected chi connectivity index (χ3v) is 11.9. The van der Waals surface area contributed by atoms with Crippen LogP contribution in [0.25, 0.3) is 0 Å². The summed E-state index contributed by atoms with van der Waals surface area (Å²) in [5.74, 6) is -0.311. The number of unbranched alkanes of at least 4 members (excludes halogenated alkanes) is 29. The van der Waals surface area contributed by atoms with Crippen molar-refractivity contribution < 1.29 is 44.2 Å². The number of allylic oxidation sites excluding steroid dienone is 4. The molecule has 0 aromatic rings. The maximum atomic E-state index is 12.8. The van der Waals surface area contributed by atoms with E-state index in [0.717, 1.165) is 38.5 Å². The standard InChI is InChI=1S/C51H96O9/c1-3-5-7-9-11-13-15-17-19-21-23-25-27-29-31-33-35-37-39-41-57-43-45(44-58-51-50(56)49(55)48(54)46(42-52)60-51)59-47(53)40-38-36-34-32-30-28-26-24-22-20-18-16-14-12-10-8-6-4-2/h13,15,19,21,45-46,48-52,54-56H,3-12,14,16-18,20,22-44H2,1-2H3/b15-13-,21-19-. The predicted molar refractivity (Wildman–Crippen MR) is 247 cm³/mol. The summed E-state index contributed by atoms with van der Waals surface area (Å²) in [5.41, 5.74) is 0. The van der Waals surface area contributed by atoms with E-state index in [4.69, 9.17) is 18.9 Å². The van der Waals surface area contributed by atoms with Gasteiger partial charge in [0.05, 0.1) is 19.8 Å². The average molecular weight is 853 g/mol. The number of hydrogen-bond donors (Lipinski definition) is 4. The van der Waals surface area contributed by atoms with Crippen molar-refractivity contribution in [3.8, 4) is 0 Å². The predicted octanol–water partition coefficient (Wildman–Crippen LogP) is 12.1. The van der Waals surface area contributed by atoms with E-state index in [2.05, 4.69) is 38.2 Å². The second-order valence-corrected chi connectivity index (χ2v) is 17.6. The molecule has 354 valence electrons. The number of carbonyl (C=O) groups excluding carboxylic acids is 1. The van der Waals surface area contributed by atoms with Gasteiger partial charge in [-0.3, -0.25) is 4.79 Å². The van der Waals surface area contributed by atoms with Gasteiger partial charge in [-0.25, -0.2) is 0 Å². The van der Waals surface area contributed by atoms with E-state index in [0.29, 0.717) is 13.0 Å². The molecule has 1 aliphatic rings. The maximum Gasteiger partial charge on any atom is 0.306 e. The van der Waals surface area contributed by atoms with Gasteiger partial charge in [-0.05, 0) is 44.9 Å². The molecule has 0 radical (unpaired) electrons. The lowest BCUT2D eigenvalue weighted by Crippen LogP contribution is -2.59. The van der Waals surface area contributed by atoms with Crippen LogP contribution in [0.3, 0.4) is 0 Å². The first kappa shape index (κ1) is 56.7. The molecule has 0 bridgehead atoms. The molecule has 1 heterocycles. The largest absolute Gasteiger partial charge is 0.457 e. The lowest BCUT2D eigenvalue weighted by Gasteiger charge is -2.39. The molecule has 0 saturated carbocycles. The molecular weight excluding hydrogens is 757 g/mol. The molecule has 60 heavy (non-hydrogen) atoms. The van der Waals surface area contributed by atoms with Gasteiger partial charge in [0.15, 0.2) is 6.29 Å². The van der Waals surface area contributed by atoms with Gasteiger partial charge >= 0.3 is 5.97 Å². The van der Waals surface area contributed by atoms with Crippen LogP contribution in [0.5, 0.6) is 0 Å². The van der Waals surface area contributed by atoms with Crippen LogP contribution in [0.4, 0.5) is 0 Å². The zero-order chi connectivity index (χ0) is 43.6. The van der Waals surface area contributed by atoms with E-state index >= 15 is 0 Å². The normalized spacial score (nSPS) is 20.1. The maximum absolute atomic E-state index is 12.8. The van der Waals surface area contributed by atoms with Crippen molar-refractivity contribution in [1.29, 1.82) is 0 Å². The van der Waals surface area contributed by atoms with Crippen molar-refractivity contribution in [2.24, 2.45) is 0 Å². The Balaban J connectivity index is 2.21. The topological polar surface area (TPSA) is 135 Å². The first-order valence-electron chi connectivity index (χ1n) is 25.4. The fourth-order valence-corrected chi connectivity index (χ4v) is 7.88. The summed E-state index contributed by atoms with van der Waals surface area (Å²) in [6, 6.07) is 0. The van der Waals surface area contributed by atoms with Gasteiger partial charge in [0.2, 0.25) is 0 Å². The monoisotopic (exact) mass is 853 g/mol. The van der Waals surface area contributed by atoms with Crippen LogP contribution in [0.2, 0.25) is 0 Å². The number of carbonyl (C=O) groups is 1. The van der Waals surface area contributed by atoms with Crippen LogP contribution in [-0.2, 0) is 23.7 Å². The van der Waals surface area contributed by atoms with E-state index in [-0.39, 0.29) is 19.2 Å². The van der Waals surface area contributed by atoms with Crippen molar-refractivity contribution in [1.82, 2.24) is 0 Å². The molecule has 1 aliphatic heterocycles. The number of hydrogen-bond acceptors (Lipinski definition) is 9. The zero-order valence-corrected chi connectivity index (χ0v) is 39.0. The van der Waals surface area contributed by atoms with Crippen molar-refractivity contribution in [2.45, 2.75) is 269 Å². The Morgan fingerprint density at radius 2 is 0.967 bits per heavy atom. The number of aliphatic hydroxyl groups excluding tert-OH is 4. The molecule has 0 amide bonds. The van der Waals surface area contributed by atoms with Crippen LogP contribution >= 0.6 is 0 Å². The van der Waals surface area contributed by atoms with Gasteiger partial charge in [0.25, 0.3) is 0 Å². The fourth-order valence-electron chi connectivity index (χ4n) is 7.88. The average Bonchev–Trinajstić information content (AvgIpc) is 3.25. The van der Waals surface area contributed by atoms with Crippen LogP contribution in [-0.4, -0.2) is 89.6 Å². The van der Waals surface area contributed by atoms with Gasteiger partial charge in [-0.15, -0.1) is 0 Å². The van der Waals surface area contributed by atoms with Crippen molar-refractivity contribution >= 4 is 5.97 Å². The summed E-state index contributed by atoms with van der Waals surface area (Å²) in [5, 5.41) is 40.2. The smallest absolute Gasteiger partial charge is 0.306 e. The van der Waals surface area contributed by atoms with Crippen molar-refractivity contribution in [2.75, 3.05) is 26.4 Å². The number of rotatable bonds is 44. The van der Waals surface area contributed by atoms with E-state index in [9.17, 15) is 25.2 Å². The van der Waals surface area contributed by atoms with E-state index in [1.165, 1.54) is 173 Å². The Morgan fingerprint density at radius 1 is 0.533 bits per heavy atom. The molecule has 6 atom stereocenters. The molecule has 4 N–H and O–H groups in total. The van der Waals surface area contributed by atoms with Gasteiger partial charge < -0.3 is 39.4 Å². The minimum absolute atomic E-state index is 0.112. The Morgan fingerprint density at radius 3 is 1.45 bits per heavy atom. The molecule has 1 rings (SSSR count). The zero-order valence-electron chi connectivity index (χ0n) is 39.0. The highest BCUT2D eigenvalue weighted by Gasteiger charge is 2.44. The third-order valence-electron chi connectivity index (χ3n) is 11.9. The van der Waals surface area contributed by atoms with Gasteiger partial charge in [-0.2, -0.15) is 0 Å². The minimum Gasteiger partial charge on any atom is -0.457 e. The SMILES string of the molecule is CCCCCC/C=C\C/C=C\CCCCCCCCCCOCC(COC1OC(CO)C(O)C(O)C1O)OC(=O)CCCCCCCCCCCCCCCCCCCC. The summed E-state index contributed by atoms with van der Waals surface area (Å²) >= 11 is 0. The first-order valence-corrected chi connectivity index (χ1v) is 25.4. The van der Waals surface area contributed by atoms with E-state index in [1.807, 2.05) is 0 Å². The van der Waals surface area contributed by atoms with Gasteiger partial charge in [0, 0.05) is 13.0 Å². The summed E-state index contributed by atoms with van der Waals surface area (Å²) in [7, 11) is 0. The van der Waals surface area contributed by atoms with Crippen molar-refractivity contribution in [3.05, 3.63) is 24.3 Å². The summed E-state index contributed by atoms with van der Waals surface area (Å²) in [6.07, 6.45) is 43.5. The molecule has 0 aliphatic carbocycles. The van der Waals surface area contributed by atoms with Gasteiger partial charge in [0.1, 0.15) is 30.5 Å². The Hall–Kier alpha value is -1.33. The molecule has 9 heteroatoms. The molecule has 1 saturated heterocycles. The fraction of sp³-hybridized carbons (Fsp3) is 0.902. The minimum atomic E-state index is -1.54. The Kier molecular flexibility index (Phi) is 40.6. The summed E-state index contributed by atoms with van der Waals surface area (Å²) < 4.78 is 22.9. The first-order chi connectivity index (χ1) is 29.4. The lowest BCUT2D eigenvalue weighted by atomic mass is 9.99. The Labute approximate surface area is 368 Å². The second-order valence-electron chi connectivity index (χ2n) is 17.6. The second kappa shape index (κ2) is 42.9. The quantitative estimate of drug-likeness (QED) is 0.0268. The number of ether oxygens (including phenoxy) is 4. The van der Waals surface area contributed by atoms with Crippen LogP contribution in [0, 0.1) is 0 Å². The molecular formula is C51H96O9. The third kappa shape index (κ3) is 33.3. The molecule has 0 spiro atoms. The summed E-state index contributed by atoms with van der Waals surface area (Å²) in [4.78, 5) is 12.8. The lowest BCUT2D eigenvalue weighted by molar-refractivity contribution is -0.305. The highest BCUT2D eigenvalue weighted by molar-refractivity contribution is 5.69. The highest BCUT2D eigenvalue weighted by Crippen LogP contribution is 2.23. The van der Waals surface area contributed by atoms with Crippen LogP contribution in [0.15, 0.2) is 24.3 Å². The van der Waals surface area contributed by atoms with E-state index < -0.39 is 43.4 Å². The van der Waals surface area contributed by atoms with Crippen LogP contribution in [0.1, 0.15) is 232 Å². The molecule has 1 fully saturated rings. The highest BCUT2D eigenvalue weighted by atomic mass is 16.7.